The van der Waals surface area contributed by atoms with Crippen molar-refractivity contribution in [1.82, 2.24) is 14.5 Å². The zero-order valence-corrected chi connectivity index (χ0v) is 18.4. The Morgan fingerprint density at radius 2 is 2.00 bits per heavy atom. The van der Waals surface area contributed by atoms with Gasteiger partial charge in [-0.1, -0.05) is 24.3 Å². The standard InChI is InChI=1S/C17H28N4O2S.HI/c1-4-24(22,23)20(3)12-7-11-19-17(18-2)21-13-10-15-8-5-6-9-16(15)14-21;/h5-6,8-9H,4,7,10-14H2,1-3H3,(H,18,19);1H. The number of benzene rings is 1. The third kappa shape index (κ3) is 6.10. The van der Waals surface area contributed by atoms with Gasteiger partial charge in [0, 0.05) is 40.3 Å². The summed E-state index contributed by atoms with van der Waals surface area (Å²) in [4.78, 5) is 6.61. The minimum Gasteiger partial charge on any atom is -0.356 e. The van der Waals surface area contributed by atoms with Gasteiger partial charge in [-0.3, -0.25) is 4.99 Å². The molecule has 1 N–H and O–H groups in total. The molecule has 1 aliphatic rings. The summed E-state index contributed by atoms with van der Waals surface area (Å²) in [6.07, 6.45) is 1.77. The summed E-state index contributed by atoms with van der Waals surface area (Å²) < 4.78 is 24.9. The van der Waals surface area contributed by atoms with Gasteiger partial charge in [0.1, 0.15) is 0 Å². The van der Waals surface area contributed by atoms with E-state index in [0.717, 1.165) is 31.9 Å². The van der Waals surface area contributed by atoms with Crippen molar-refractivity contribution >= 4 is 40.0 Å². The van der Waals surface area contributed by atoms with Gasteiger partial charge in [-0.05, 0) is 30.9 Å². The van der Waals surface area contributed by atoms with Crippen molar-refractivity contribution < 1.29 is 8.42 Å². The summed E-state index contributed by atoms with van der Waals surface area (Å²) in [5.41, 5.74) is 2.76. The molecule has 1 aromatic rings. The van der Waals surface area contributed by atoms with Gasteiger partial charge in [-0.15, -0.1) is 24.0 Å². The quantitative estimate of drug-likeness (QED) is 0.293. The van der Waals surface area contributed by atoms with Crippen LogP contribution in [0.1, 0.15) is 24.5 Å². The number of halogens is 1. The van der Waals surface area contributed by atoms with E-state index in [1.807, 2.05) is 0 Å². The Labute approximate surface area is 168 Å². The number of hydrogen-bond donors (Lipinski definition) is 1. The molecule has 1 heterocycles. The number of fused-ring (bicyclic) bond motifs is 1. The molecule has 0 spiro atoms. The molecule has 0 bridgehead atoms. The highest BCUT2D eigenvalue weighted by Gasteiger charge is 2.19. The van der Waals surface area contributed by atoms with E-state index in [9.17, 15) is 8.42 Å². The summed E-state index contributed by atoms with van der Waals surface area (Å²) in [7, 11) is 0.329. The van der Waals surface area contributed by atoms with Crippen molar-refractivity contribution in [3.05, 3.63) is 35.4 Å². The zero-order valence-electron chi connectivity index (χ0n) is 15.2. The predicted octanol–water partition coefficient (Wildman–Crippen LogP) is 1.91. The van der Waals surface area contributed by atoms with Crippen LogP contribution in [0, 0.1) is 0 Å². The van der Waals surface area contributed by atoms with Crippen LogP contribution in [0.25, 0.3) is 0 Å². The Morgan fingerprint density at radius 3 is 2.64 bits per heavy atom. The molecule has 25 heavy (non-hydrogen) atoms. The van der Waals surface area contributed by atoms with Crippen LogP contribution in [0.2, 0.25) is 0 Å². The molecule has 2 rings (SSSR count). The van der Waals surface area contributed by atoms with Gasteiger partial charge in [0.2, 0.25) is 10.0 Å². The summed E-state index contributed by atoms with van der Waals surface area (Å²) in [6, 6.07) is 8.51. The fourth-order valence-corrected chi connectivity index (χ4v) is 3.72. The molecule has 0 aromatic heterocycles. The van der Waals surface area contributed by atoms with Gasteiger partial charge < -0.3 is 10.2 Å². The molecule has 0 amide bonds. The lowest BCUT2D eigenvalue weighted by atomic mass is 10.0. The van der Waals surface area contributed by atoms with Crippen molar-refractivity contribution in [3.8, 4) is 0 Å². The molecule has 6 nitrogen and oxygen atoms in total. The van der Waals surface area contributed by atoms with Crippen LogP contribution in [0.15, 0.2) is 29.3 Å². The average molecular weight is 480 g/mol. The van der Waals surface area contributed by atoms with Gasteiger partial charge in [-0.25, -0.2) is 12.7 Å². The largest absolute Gasteiger partial charge is 0.356 e. The zero-order chi connectivity index (χ0) is 17.6. The first-order valence-electron chi connectivity index (χ1n) is 8.44. The second-order valence-corrected chi connectivity index (χ2v) is 8.35. The lowest BCUT2D eigenvalue weighted by Crippen LogP contribution is -2.44. The fourth-order valence-electron chi connectivity index (χ4n) is 2.87. The van der Waals surface area contributed by atoms with Crippen molar-refractivity contribution in [3.63, 3.8) is 0 Å². The third-order valence-corrected chi connectivity index (χ3v) is 6.28. The van der Waals surface area contributed by atoms with Crippen LogP contribution in [0.5, 0.6) is 0 Å². The van der Waals surface area contributed by atoms with Crippen LogP contribution in [0.3, 0.4) is 0 Å². The maximum absolute atomic E-state index is 11.7. The number of nitrogens with zero attached hydrogens (tertiary/aromatic N) is 3. The fraction of sp³-hybridized carbons (Fsp3) is 0.588. The lowest BCUT2D eigenvalue weighted by Gasteiger charge is -2.31. The van der Waals surface area contributed by atoms with Gasteiger partial charge >= 0.3 is 0 Å². The van der Waals surface area contributed by atoms with Gasteiger partial charge in [-0.2, -0.15) is 0 Å². The second-order valence-electron chi connectivity index (χ2n) is 5.99. The molecule has 0 unspecified atom stereocenters. The van der Waals surface area contributed by atoms with Gasteiger partial charge in [0.25, 0.3) is 0 Å². The van der Waals surface area contributed by atoms with Crippen molar-refractivity contribution in [2.75, 3.05) is 39.5 Å². The van der Waals surface area contributed by atoms with E-state index >= 15 is 0 Å². The van der Waals surface area contributed by atoms with Crippen LogP contribution in [-0.2, 0) is 23.0 Å². The van der Waals surface area contributed by atoms with E-state index in [-0.39, 0.29) is 29.7 Å². The van der Waals surface area contributed by atoms with Gasteiger partial charge in [0.05, 0.1) is 5.75 Å². The van der Waals surface area contributed by atoms with E-state index in [0.29, 0.717) is 13.1 Å². The van der Waals surface area contributed by atoms with E-state index < -0.39 is 10.0 Å². The molecular weight excluding hydrogens is 451 g/mol. The van der Waals surface area contributed by atoms with Crippen LogP contribution in [0.4, 0.5) is 0 Å². The highest BCUT2D eigenvalue weighted by molar-refractivity contribution is 14.0. The first kappa shape index (κ1) is 22.2. The number of aliphatic imine (C=N–C) groups is 1. The summed E-state index contributed by atoms with van der Waals surface area (Å²) in [6.45, 7) is 4.69. The average Bonchev–Trinajstić information content (AvgIpc) is 2.61. The normalized spacial score (nSPS) is 14.9. The Kier molecular flexibility index (Phi) is 9.15. The highest BCUT2D eigenvalue weighted by atomic mass is 127. The first-order valence-corrected chi connectivity index (χ1v) is 10.0. The van der Waals surface area contributed by atoms with E-state index in [2.05, 4.69) is 39.5 Å². The van der Waals surface area contributed by atoms with Crippen molar-refractivity contribution in [1.29, 1.82) is 0 Å². The number of hydrogen-bond acceptors (Lipinski definition) is 3. The van der Waals surface area contributed by atoms with Crippen LogP contribution < -0.4 is 5.32 Å². The number of rotatable bonds is 6. The Balaban J connectivity index is 0.00000312. The number of nitrogens with one attached hydrogen (secondary N) is 1. The molecule has 142 valence electrons. The number of guanidine groups is 1. The minimum absolute atomic E-state index is 0. The molecule has 0 aliphatic carbocycles. The molecular formula is C17H29IN4O2S. The highest BCUT2D eigenvalue weighted by Crippen LogP contribution is 2.18. The molecule has 1 aromatic carbocycles. The molecule has 1 aliphatic heterocycles. The van der Waals surface area contributed by atoms with E-state index in [4.69, 9.17) is 0 Å². The van der Waals surface area contributed by atoms with Crippen LogP contribution >= 0.6 is 24.0 Å². The monoisotopic (exact) mass is 480 g/mol. The molecule has 8 heteroatoms. The molecule has 0 fully saturated rings. The Bertz CT molecular complexity index is 679. The van der Waals surface area contributed by atoms with Crippen LogP contribution in [-0.4, -0.2) is 63.1 Å². The summed E-state index contributed by atoms with van der Waals surface area (Å²) in [5.74, 6) is 1.02. The Hall–Kier alpha value is -0.870. The molecule has 0 saturated heterocycles. The maximum Gasteiger partial charge on any atom is 0.213 e. The van der Waals surface area contributed by atoms with Gasteiger partial charge in [0.15, 0.2) is 5.96 Å². The smallest absolute Gasteiger partial charge is 0.213 e. The molecule has 0 radical (unpaired) electrons. The minimum atomic E-state index is -3.09. The summed E-state index contributed by atoms with van der Waals surface area (Å²) >= 11 is 0. The topological polar surface area (TPSA) is 65.0 Å². The molecule has 0 saturated carbocycles. The van der Waals surface area contributed by atoms with Crippen molar-refractivity contribution in [2.24, 2.45) is 4.99 Å². The lowest BCUT2D eigenvalue weighted by molar-refractivity contribution is 0.377. The molecule has 0 atom stereocenters. The third-order valence-electron chi connectivity index (χ3n) is 4.41. The predicted molar refractivity (Wildman–Crippen MR) is 114 cm³/mol. The Morgan fingerprint density at radius 1 is 1.32 bits per heavy atom. The first-order chi connectivity index (χ1) is 11.5. The van der Waals surface area contributed by atoms with E-state index in [1.54, 1.807) is 21.0 Å². The summed E-state index contributed by atoms with van der Waals surface area (Å²) in [5, 5.41) is 3.35. The SMILES string of the molecule is CCS(=O)(=O)N(C)CCCNC(=NC)N1CCc2ccccc2C1.I. The second kappa shape index (κ2) is 10.3. The number of sulfonamides is 1. The maximum atomic E-state index is 11.7. The van der Waals surface area contributed by atoms with E-state index in [1.165, 1.54) is 15.4 Å². The van der Waals surface area contributed by atoms with Crippen molar-refractivity contribution in [2.45, 2.75) is 26.3 Å².